The van der Waals surface area contributed by atoms with Gasteiger partial charge in [0.1, 0.15) is 8.07 Å². The monoisotopic (exact) mass is 316 g/mol. The second-order valence-corrected chi connectivity index (χ2v) is 11.2. The summed E-state index contributed by atoms with van der Waals surface area (Å²) in [5, 5.41) is 5.13. The highest BCUT2D eigenvalue weighted by Gasteiger charge is 2.24. The van der Waals surface area contributed by atoms with Crippen LogP contribution in [0.4, 0.5) is 0 Å². The highest BCUT2D eigenvalue weighted by Crippen LogP contribution is 2.28. The summed E-state index contributed by atoms with van der Waals surface area (Å²) in [7, 11) is -1.44. The number of hydrogen-bond donors (Lipinski definition) is 0. The Kier molecular flexibility index (Phi) is 4.55. The fourth-order valence-corrected chi connectivity index (χ4v) is 5.78. The molecule has 0 N–H and O–H groups in total. The molecule has 0 nitrogen and oxygen atoms in total. The van der Waals surface area contributed by atoms with Gasteiger partial charge in [-0.15, -0.1) is 5.54 Å². The number of fused-ring (bicyclic) bond motifs is 2. The van der Waals surface area contributed by atoms with Gasteiger partial charge in [-0.25, -0.2) is 0 Å². The molecular weight excluding hydrogens is 292 g/mol. The van der Waals surface area contributed by atoms with Crippen LogP contribution in [0, 0.1) is 11.5 Å². The van der Waals surface area contributed by atoms with Crippen molar-refractivity contribution in [2.75, 3.05) is 0 Å². The van der Waals surface area contributed by atoms with E-state index in [4.69, 9.17) is 0 Å². The van der Waals surface area contributed by atoms with Crippen molar-refractivity contribution >= 4 is 29.6 Å². The van der Waals surface area contributed by atoms with Crippen molar-refractivity contribution in [3.63, 3.8) is 0 Å². The summed E-state index contributed by atoms with van der Waals surface area (Å²) in [6.45, 7) is 6.94. The lowest BCUT2D eigenvalue weighted by Gasteiger charge is -2.20. The van der Waals surface area contributed by atoms with E-state index in [1.807, 2.05) is 0 Å². The number of hydrogen-bond acceptors (Lipinski definition) is 0. The van der Waals surface area contributed by atoms with Crippen LogP contribution in [0.5, 0.6) is 0 Å². The third-order valence-electron chi connectivity index (χ3n) is 5.25. The second-order valence-electron chi connectivity index (χ2n) is 6.28. The van der Waals surface area contributed by atoms with E-state index in [0.29, 0.717) is 0 Å². The van der Waals surface area contributed by atoms with E-state index >= 15 is 0 Å². The lowest BCUT2D eigenvalue weighted by atomic mass is 9.97. The van der Waals surface area contributed by atoms with E-state index in [-0.39, 0.29) is 0 Å². The molecule has 0 atom stereocenters. The lowest BCUT2D eigenvalue weighted by Crippen LogP contribution is -2.29. The molecule has 0 heterocycles. The molecule has 0 aliphatic carbocycles. The molecule has 0 unspecified atom stereocenters. The van der Waals surface area contributed by atoms with Crippen LogP contribution in [-0.4, -0.2) is 8.07 Å². The van der Waals surface area contributed by atoms with Gasteiger partial charge in [-0.05, 0) is 45.7 Å². The van der Waals surface area contributed by atoms with Crippen LogP contribution in [0.2, 0.25) is 18.1 Å². The molecule has 1 heteroatoms. The molecule has 3 aromatic carbocycles. The van der Waals surface area contributed by atoms with E-state index in [0.717, 1.165) is 0 Å². The van der Waals surface area contributed by atoms with Gasteiger partial charge < -0.3 is 0 Å². The molecule has 0 saturated heterocycles. The van der Waals surface area contributed by atoms with Crippen LogP contribution < -0.4 is 0 Å². The fraction of sp³-hybridized carbons (Fsp3) is 0.273. The highest BCUT2D eigenvalue weighted by atomic mass is 28.3. The maximum absolute atomic E-state index is 3.77. The molecule has 3 aromatic rings. The average Bonchev–Trinajstić information content (AvgIpc) is 2.62. The van der Waals surface area contributed by atoms with Crippen LogP contribution >= 0.6 is 0 Å². The van der Waals surface area contributed by atoms with Crippen molar-refractivity contribution in [3.05, 3.63) is 60.2 Å². The minimum Gasteiger partial charge on any atom is -0.126 e. The summed E-state index contributed by atoms with van der Waals surface area (Å²) < 4.78 is 0. The first-order valence-corrected chi connectivity index (χ1v) is 11.3. The molecular formula is C22H24Si. The lowest BCUT2D eigenvalue weighted by molar-refractivity contribution is 1.20. The van der Waals surface area contributed by atoms with Crippen LogP contribution in [0.25, 0.3) is 21.5 Å². The predicted octanol–water partition coefficient (Wildman–Crippen LogP) is 6.39. The number of benzene rings is 3. The zero-order valence-corrected chi connectivity index (χ0v) is 15.3. The van der Waals surface area contributed by atoms with Gasteiger partial charge in [0.15, 0.2) is 0 Å². The van der Waals surface area contributed by atoms with E-state index in [1.165, 1.54) is 45.2 Å². The zero-order chi connectivity index (χ0) is 16.3. The summed E-state index contributed by atoms with van der Waals surface area (Å²) in [5.41, 5.74) is 4.99. The number of rotatable bonds is 3. The van der Waals surface area contributed by atoms with Gasteiger partial charge in [-0.1, -0.05) is 75.2 Å². The quantitative estimate of drug-likeness (QED) is 0.298. The Morgan fingerprint density at radius 2 is 1.22 bits per heavy atom. The Morgan fingerprint density at radius 3 is 1.70 bits per heavy atom. The van der Waals surface area contributed by atoms with Gasteiger partial charge in [-0.3, -0.25) is 0 Å². The maximum Gasteiger partial charge on any atom is 0.138 e. The molecule has 0 amide bonds. The molecule has 0 saturated carbocycles. The molecule has 0 bridgehead atoms. The molecule has 23 heavy (non-hydrogen) atoms. The Bertz CT molecular complexity index is 830. The van der Waals surface area contributed by atoms with E-state index in [9.17, 15) is 0 Å². The van der Waals surface area contributed by atoms with Crippen molar-refractivity contribution in [2.45, 2.75) is 38.9 Å². The molecule has 0 aliphatic heterocycles. The average molecular weight is 317 g/mol. The van der Waals surface area contributed by atoms with Crippen molar-refractivity contribution in [1.82, 2.24) is 0 Å². The second kappa shape index (κ2) is 6.60. The molecule has 116 valence electrons. The van der Waals surface area contributed by atoms with Crippen LogP contribution in [-0.2, 0) is 0 Å². The topological polar surface area (TPSA) is 0 Å². The minimum absolute atomic E-state index is 1.21. The van der Waals surface area contributed by atoms with Gasteiger partial charge in [-0.2, -0.15) is 0 Å². The van der Waals surface area contributed by atoms with Crippen LogP contribution in [0.15, 0.2) is 54.6 Å². The maximum atomic E-state index is 3.77. The summed E-state index contributed by atoms with van der Waals surface area (Å²) in [4.78, 5) is 0. The normalized spacial score (nSPS) is 11.4. The summed E-state index contributed by atoms with van der Waals surface area (Å²) in [6, 6.07) is 23.3. The summed E-state index contributed by atoms with van der Waals surface area (Å²) >= 11 is 0. The Morgan fingerprint density at radius 1 is 0.739 bits per heavy atom. The minimum atomic E-state index is -1.44. The van der Waals surface area contributed by atoms with Crippen molar-refractivity contribution < 1.29 is 0 Å². The first kappa shape index (κ1) is 15.8. The smallest absolute Gasteiger partial charge is 0.126 e. The van der Waals surface area contributed by atoms with Crippen molar-refractivity contribution in [3.8, 4) is 11.5 Å². The summed E-state index contributed by atoms with van der Waals surface area (Å²) in [5.74, 6) is 3.64. The Labute approximate surface area is 140 Å². The van der Waals surface area contributed by atoms with Gasteiger partial charge in [0, 0.05) is 5.56 Å². The van der Waals surface area contributed by atoms with Crippen molar-refractivity contribution in [2.24, 2.45) is 0 Å². The van der Waals surface area contributed by atoms with Gasteiger partial charge in [0.25, 0.3) is 0 Å². The first-order valence-electron chi connectivity index (χ1n) is 8.66. The molecule has 0 radical (unpaired) electrons. The zero-order valence-electron chi connectivity index (χ0n) is 14.3. The van der Waals surface area contributed by atoms with Crippen LogP contribution in [0.1, 0.15) is 26.3 Å². The fourth-order valence-electron chi connectivity index (χ4n) is 3.36. The third-order valence-corrected chi connectivity index (χ3v) is 9.97. The van der Waals surface area contributed by atoms with Gasteiger partial charge in [0.2, 0.25) is 0 Å². The Balaban J connectivity index is 2.30. The van der Waals surface area contributed by atoms with E-state index in [1.54, 1.807) is 0 Å². The van der Waals surface area contributed by atoms with Crippen LogP contribution in [0.3, 0.4) is 0 Å². The molecule has 3 rings (SSSR count). The van der Waals surface area contributed by atoms with E-state index < -0.39 is 8.07 Å². The first-order chi connectivity index (χ1) is 11.2. The van der Waals surface area contributed by atoms with Crippen molar-refractivity contribution in [1.29, 1.82) is 0 Å². The van der Waals surface area contributed by atoms with E-state index in [2.05, 4.69) is 86.8 Å². The largest absolute Gasteiger partial charge is 0.138 e. The van der Waals surface area contributed by atoms with Gasteiger partial charge in [0.05, 0.1) is 0 Å². The standard InChI is InChI=1S/C22H24Si/c1-4-23(5-2,6-3)16-15-22-20-13-9-7-11-18(20)17-19-12-8-10-14-21(19)22/h7-14,17H,4-6H2,1-3H3. The molecule has 0 fully saturated rings. The molecule has 0 spiro atoms. The summed E-state index contributed by atoms with van der Waals surface area (Å²) in [6.07, 6.45) is 0. The predicted molar refractivity (Wildman–Crippen MR) is 106 cm³/mol. The highest BCUT2D eigenvalue weighted by molar-refractivity contribution is 6.87. The van der Waals surface area contributed by atoms with Gasteiger partial charge >= 0.3 is 0 Å². The molecule has 0 aliphatic rings. The third kappa shape index (κ3) is 2.92. The molecule has 0 aromatic heterocycles. The SMILES string of the molecule is CC[Si](C#Cc1c2ccccc2cc2ccccc12)(CC)CC. The Hall–Kier alpha value is -2.04.